The van der Waals surface area contributed by atoms with Crippen molar-refractivity contribution in [3.63, 3.8) is 0 Å². The van der Waals surface area contributed by atoms with Crippen molar-refractivity contribution < 1.29 is 13.2 Å². The molecule has 0 aliphatic rings. The normalized spacial score (nSPS) is 15.8. The Morgan fingerprint density at radius 1 is 1.23 bits per heavy atom. The lowest BCUT2D eigenvalue weighted by atomic mass is 10.0. The van der Waals surface area contributed by atoms with Gasteiger partial charge in [-0.2, -0.15) is 0 Å². The largest absolute Gasteiger partial charge is 0.295 e. The van der Waals surface area contributed by atoms with Gasteiger partial charge >= 0.3 is 0 Å². The molecule has 13 heavy (non-hydrogen) atoms. The van der Waals surface area contributed by atoms with E-state index in [4.69, 9.17) is 5.73 Å². The standard InChI is InChI=1S/C9H10F3N/c10-8(11)6-9(12,13)7-4-2-1-3-5-7/h1-5,8H,6,13H2. The predicted octanol–water partition coefficient (Wildman–Crippen LogP) is 2.42. The zero-order chi connectivity index (χ0) is 9.90. The van der Waals surface area contributed by atoms with Crippen LogP contribution in [-0.4, -0.2) is 6.43 Å². The number of hydrogen-bond acceptors (Lipinski definition) is 1. The third-order valence-electron chi connectivity index (χ3n) is 1.71. The Labute approximate surface area is 74.4 Å². The fraction of sp³-hybridized carbons (Fsp3) is 0.333. The first-order valence-corrected chi connectivity index (χ1v) is 3.84. The van der Waals surface area contributed by atoms with Crippen LogP contribution >= 0.6 is 0 Å². The van der Waals surface area contributed by atoms with Crippen molar-refractivity contribution >= 4 is 0 Å². The van der Waals surface area contributed by atoms with Crippen LogP contribution in [0.4, 0.5) is 13.2 Å². The molecular weight excluding hydrogens is 179 g/mol. The highest BCUT2D eigenvalue weighted by molar-refractivity contribution is 5.21. The van der Waals surface area contributed by atoms with Crippen LogP contribution in [0.1, 0.15) is 12.0 Å². The molecule has 2 N–H and O–H groups in total. The first kappa shape index (κ1) is 10.1. The molecular formula is C9H10F3N. The SMILES string of the molecule is NC(F)(CC(F)F)c1ccccc1. The summed E-state index contributed by atoms with van der Waals surface area (Å²) in [4.78, 5) is 0. The van der Waals surface area contributed by atoms with Gasteiger partial charge in [0.25, 0.3) is 0 Å². The van der Waals surface area contributed by atoms with E-state index in [2.05, 4.69) is 0 Å². The van der Waals surface area contributed by atoms with Gasteiger partial charge in [-0.15, -0.1) is 0 Å². The van der Waals surface area contributed by atoms with E-state index in [1.807, 2.05) is 0 Å². The van der Waals surface area contributed by atoms with Crippen LogP contribution in [0.5, 0.6) is 0 Å². The van der Waals surface area contributed by atoms with E-state index in [1.165, 1.54) is 12.1 Å². The summed E-state index contributed by atoms with van der Waals surface area (Å²) in [5, 5.41) is 0. The minimum Gasteiger partial charge on any atom is -0.295 e. The molecule has 0 amide bonds. The number of halogens is 3. The molecule has 1 aromatic carbocycles. The maximum absolute atomic E-state index is 13.4. The second-order valence-corrected chi connectivity index (χ2v) is 2.82. The van der Waals surface area contributed by atoms with Crippen LogP contribution in [0.3, 0.4) is 0 Å². The summed E-state index contributed by atoms with van der Waals surface area (Å²) in [7, 11) is 0. The lowest BCUT2D eigenvalue weighted by molar-refractivity contribution is 0.0444. The third kappa shape index (κ3) is 2.73. The molecule has 1 aromatic rings. The molecule has 0 aliphatic heterocycles. The lowest BCUT2D eigenvalue weighted by Crippen LogP contribution is -2.33. The summed E-state index contributed by atoms with van der Waals surface area (Å²) in [6, 6.07) is 7.57. The highest BCUT2D eigenvalue weighted by Gasteiger charge is 2.30. The maximum atomic E-state index is 13.4. The molecule has 0 spiro atoms. The molecule has 1 nitrogen and oxygen atoms in total. The van der Waals surface area contributed by atoms with Crippen molar-refractivity contribution in [3.05, 3.63) is 35.9 Å². The van der Waals surface area contributed by atoms with Crippen LogP contribution in [0.2, 0.25) is 0 Å². The molecule has 1 unspecified atom stereocenters. The van der Waals surface area contributed by atoms with Gasteiger partial charge in [-0.25, -0.2) is 13.2 Å². The fourth-order valence-corrected chi connectivity index (χ4v) is 1.06. The van der Waals surface area contributed by atoms with Crippen molar-refractivity contribution in [1.82, 2.24) is 0 Å². The summed E-state index contributed by atoms with van der Waals surface area (Å²) >= 11 is 0. The second-order valence-electron chi connectivity index (χ2n) is 2.82. The third-order valence-corrected chi connectivity index (χ3v) is 1.71. The Morgan fingerprint density at radius 3 is 2.23 bits per heavy atom. The van der Waals surface area contributed by atoms with Gasteiger partial charge in [0.05, 0.1) is 6.42 Å². The number of rotatable bonds is 3. The van der Waals surface area contributed by atoms with E-state index < -0.39 is 18.6 Å². The van der Waals surface area contributed by atoms with Crippen LogP contribution in [-0.2, 0) is 5.79 Å². The van der Waals surface area contributed by atoms with Gasteiger partial charge in [-0.3, -0.25) is 5.73 Å². The smallest absolute Gasteiger partial charge is 0.243 e. The van der Waals surface area contributed by atoms with Crippen molar-refractivity contribution in [2.75, 3.05) is 0 Å². The quantitative estimate of drug-likeness (QED) is 0.726. The first-order valence-electron chi connectivity index (χ1n) is 3.84. The highest BCUT2D eigenvalue weighted by Crippen LogP contribution is 2.26. The molecule has 1 atom stereocenters. The van der Waals surface area contributed by atoms with Crippen LogP contribution in [0.15, 0.2) is 30.3 Å². The number of alkyl halides is 3. The van der Waals surface area contributed by atoms with Crippen molar-refractivity contribution in [1.29, 1.82) is 0 Å². The Kier molecular flexibility index (Phi) is 2.93. The first-order chi connectivity index (χ1) is 6.02. The van der Waals surface area contributed by atoms with Crippen molar-refractivity contribution in [2.24, 2.45) is 5.73 Å². The zero-order valence-electron chi connectivity index (χ0n) is 6.88. The van der Waals surface area contributed by atoms with Gasteiger partial charge in [0.1, 0.15) is 0 Å². The van der Waals surface area contributed by atoms with Crippen LogP contribution in [0.25, 0.3) is 0 Å². The van der Waals surface area contributed by atoms with E-state index in [9.17, 15) is 13.2 Å². The van der Waals surface area contributed by atoms with E-state index in [0.29, 0.717) is 0 Å². The number of hydrogen-bond donors (Lipinski definition) is 1. The van der Waals surface area contributed by atoms with Crippen LogP contribution < -0.4 is 5.73 Å². The Morgan fingerprint density at radius 2 is 1.77 bits per heavy atom. The fourth-order valence-electron chi connectivity index (χ4n) is 1.06. The minimum absolute atomic E-state index is 0.0790. The Hall–Kier alpha value is -1.03. The summed E-state index contributed by atoms with van der Waals surface area (Å²) in [6.07, 6.45) is -3.72. The molecule has 0 heterocycles. The molecule has 72 valence electrons. The van der Waals surface area contributed by atoms with Gasteiger partial charge in [-0.05, 0) is 0 Å². The summed E-state index contributed by atoms with van der Waals surface area (Å²) in [6.45, 7) is 0. The summed E-state index contributed by atoms with van der Waals surface area (Å²) < 4.78 is 37.2. The summed E-state index contributed by atoms with van der Waals surface area (Å²) in [5.74, 6) is -2.44. The van der Waals surface area contributed by atoms with Crippen molar-refractivity contribution in [3.8, 4) is 0 Å². The van der Waals surface area contributed by atoms with E-state index >= 15 is 0 Å². The zero-order valence-corrected chi connectivity index (χ0v) is 6.88. The molecule has 0 saturated heterocycles. The molecule has 0 aromatic heterocycles. The molecule has 0 aliphatic carbocycles. The topological polar surface area (TPSA) is 26.0 Å². The van der Waals surface area contributed by atoms with E-state index in [0.717, 1.165) is 0 Å². The van der Waals surface area contributed by atoms with E-state index in [1.54, 1.807) is 18.2 Å². The van der Waals surface area contributed by atoms with Gasteiger partial charge < -0.3 is 0 Å². The Bertz CT molecular complexity index is 259. The van der Waals surface area contributed by atoms with Gasteiger partial charge in [0.2, 0.25) is 6.43 Å². The molecule has 0 bridgehead atoms. The number of nitrogens with two attached hydrogens (primary N) is 1. The maximum Gasteiger partial charge on any atom is 0.243 e. The monoisotopic (exact) mass is 189 g/mol. The van der Waals surface area contributed by atoms with Gasteiger partial charge in [0.15, 0.2) is 5.79 Å². The van der Waals surface area contributed by atoms with Gasteiger partial charge in [0, 0.05) is 5.56 Å². The molecule has 0 radical (unpaired) electrons. The predicted molar refractivity (Wildman–Crippen MR) is 44.0 cm³/mol. The molecule has 4 heteroatoms. The summed E-state index contributed by atoms with van der Waals surface area (Å²) in [5.41, 5.74) is 5.17. The lowest BCUT2D eigenvalue weighted by Gasteiger charge is -2.19. The van der Waals surface area contributed by atoms with E-state index in [-0.39, 0.29) is 5.56 Å². The molecule has 0 saturated carbocycles. The minimum atomic E-state index is -2.74. The molecule has 1 rings (SSSR count). The van der Waals surface area contributed by atoms with Crippen LogP contribution in [0, 0.1) is 0 Å². The Balaban J connectivity index is 2.81. The highest BCUT2D eigenvalue weighted by atomic mass is 19.3. The average Bonchev–Trinajstić information content (AvgIpc) is 2.04. The second kappa shape index (κ2) is 3.79. The number of benzene rings is 1. The van der Waals surface area contributed by atoms with Crippen molar-refractivity contribution in [2.45, 2.75) is 18.6 Å². The molecule has 0 fully saturated rings. The average molecular weight is 189 g/mol. The van der Waals surface area contributed by atoms with Gasteiger partial charge in [-0.1, -0.05) is 30.3 Å².